The van der Waals surface area contributed by atoms with Crippen LogP contribution in [0.15, 0.2) is 34.8 Å². The maximum Gasteiger partial charge on any atom is 0.308 e. The van der Waals surface area contributed by atoms with Crippen molar-refractivity contribution in [2.45, 2.75) is 6.42 Å². The lowest BCUT2D eigenvalue weighted by Gasteiger charge is -2.13. The zero-order chi connectivity index (χ0) is 15.7. The molecule has 0 spiro atoms. The van der Waals surface area contributed by atoms with Crippen molar-refractivity contribution < 1.29 is 14.7 Å². The van der Waals surface area contributed by atoms with Gasteiger partial charge in [-0.05, 0) is 24.6 Å². The standard InChI is InChI=1S/C15H14BrN3O3/c16-11-3-1-9(2-4-11)12-7-13(18-17-12)14(20)19-6-5-10(8-19)15(21)22/h1-4,7,10H,5-6,8H2,(H,17,18)(H,21,22). The van der Waals surface area contributed by atoms with Gasteiger partial charge in [0.2, 0.25) is 0 Å². The lowest BCUT2D eigenvalue weighted by atomic mass is 10.1. The summed E-state index contributed by atoms with van der Waals surface area (Å²) in [5.41, 5.74) is 1.97. The third-order valence-corrected chi connectivity index (χ3v) is 4.30. The minimum atomic E-state index is -0.851. The summed E-state index contributed by atoms with van der Waals surface area (Å²) in [6.07, 6.45) is 0.495. The highest BCUT2D eigenvalue weighted by molar-refractivity contribution is 9.10. The molecule has 2 aromatic rings. The van der Waals surface area contributed by atoms with Gasteiger partial charge in [0, 0.05) is 23.1 Å². The molecule has 2 heterocycles. The number of rotatable bonds is 3. The van der Waals surface area contributed by atoms with Gasteiger partial charge in [0.05, 0.1) is 11.6 Å². The van der Waals surface area contributed by atoms with E-state index in [0.29, 0.717) is 24.4 Å². The van der Waals surface area contributed by atoms with E-state index in [0.717, 1.165) is 10.0 Å². The predicted molar refractivity (Wildman–Crippen MR) is 83.4 cm³/mol. The molecule has 1 atom stereocenters. The Morgan fingerprint density at radius 3 is 2.68 bits per heavy atom. The number of H-pyrrole nitrogens is 1. The number of halogens is 1. The van der Waals surface area contributed by atoms with Crippen molar-refractivity contribution in [2.75, 3.05) is 13.1 Å². The van der Waals surface area contributed by atoms with Crippen LogP contribution in [0.2, 0.25) is 0 Å². The first-order valence-electron chi connectivity index (χ1n) is 6.88. The molecule has 1 saturated heterocycles. The topological polar surface area (TPSA) is 86.3 Å². The third kappa shape index (κ3) is 2.89. The predicted octanol–water partition coefficient (Wildman–Crippen LogP) is 2.39. The Morgan fingerprint density at radius 2 is 2.05 bits per heavy atom. The van der Waals surface area contributed by atoms with Gasteiger partial charge in [0.25, 0.3) is 5.91 Å². The molecule has 2 N–H and O–H groups in total. The number of carboxylic acid groups (broad SMARTS) is 1. The summed E-state index contributed by atoms with van der Waals surface area (Å²) < 4.78 is 0.972. The van der Waals surface area contributed by atoms with Crippen molar-refractivity contribution in [3.63, 3.8) is 0 Å². The van der Waals surface area contributed by atoms with E-state index < -0.39 is 11.9 Å². The zero-order valence-electron chi connectivity index (χ0n) is 11.6. The Balaban J connectivity index is 1.75. The molecule has 22 heavy (non-hydrogen) atoms. The SMILES string of the molecule is O=C(O)C1CCN(C(=O)c2cc(-c3ccc(Br)cc3)n[nH]2)C1. The fourth-order valence-electron chi connectivity index (χ4n) is 2.52. The van der Waals surface area contributed by atoms with Gasteiger partial charge < -0.3 is 10.0 Å². The first kappa shape index (κ1) is 14.8. The van der Waals surface area contributed by atoms with E-state index in [9.17, 15) is 9.59 Å². The monoisotopic (exact) mass is 363 g/mol. The molecule has 6 nitrogen and oxygen atoms in total. The first-order valence-corrected chi connectivity index (χ1v) is 7.67. The molecule has 1 amide bonds. The number of benzene rings is 1. The summed E-state index contributed by atoms with van der Waals surface area (Å²) in [5.74, 6) is -1.53. The molecule has 0 bridgehead atoms. The molecule has 1 fully saturated rings. The second kappa shape index (κ2) is 5.92. The molecule has 3 rings (SSSR count). The highest BCUT2D eigenvalue weighted by Gasteiger charge is 2.31. The van der Waals surface area contributed by atoms with Gasteiger partial charge in [-0.3, -0.25) is 14.7 Å². The molecular weight excluding hydrogens is 350 g/mol. The van der Waals surface area contributed by atoms with Gasteiger partial charge >= 0.3 is 5.97 Å². The summed E-state index contributed by atoms with van der Waals surface area (Å²) in [6, 6.07) is 9.32. The summed E-state index contributed by atoms with van der Waals surface area (Å²) in [7, 11) is 0. The van der Waals surface area contributed by atoms with Gasteiger partial charge in [0.15, 0.2) is 0 Å². The molecule has 7 heteroatoms. The Bertz CT molecular complexity index is 711. The van der Waals surface area contributed by atoms with Crippen molar-refractivity contribution in [2.24, 2.45) is 5.92 Å². The number of aromatic nitrogens is 2. The number of amides is 1. The second-order valence-electron chi connectivity index (χ2n) is 5.25. The normalized spacial score (nSPS) is 17.7. The van der Waals surface area contributed by atoms with Gasteiger partial charge in [-0.1, -0.05) is 28.1 Å². The van der Waals surface area contributed by atoms with Crippen LogP contribution in [0.25, 0.3) is 11.3 Å². The molecule has 1 aliphatic heterocycles. The zero-order valence-corrected chi connectivity index (χ0v) is 13.2. The fraction of sp³-hybridized carbons (Fsp3) is 0.267. The fourth-order valence-corrected chi connectivity index (χ4v) is 2.78. The third-order valence-electron chi connectivity index (χ3n) is 3.77. The molecule has 1 aromatic carbocycles. The van der Waals surface area contributed by atoms with E-state index in [1.165, 1.54) is 0 Å². The average Bonchev–Trinajstić information content (AvgIpc) is 3.17. The number of likely N-dealkylation sites (tertiary alicyclic amines) is 1. The molecule has 0 radical (unpaired) electrons. The number of nitrogens with one attached hydrogen (secondary N) is 1. The highest BCUT2D eigenvalue weighted by Crippen LogP contribution is 2.22. The van der Waals surface area contributed by atoms with Crippen LogP contribution < -0.4 is 0 Å². The summed E-state index contributed by atoms with van der Waals surface area (Å²) in [6.45, 7) is 0.712. The van der Waals surface area contributed by atoms with Crippen LogP contribution in [0.3, 0.4) is 0 Å². The molecule has 1 aromatic heterocycles. The van der Waals surface area contributed by atoms with Crippen molar-refractivity contribution >= 4 is 27.8 Å². The van der Waals surface area contributed by atoms with Crippen molar-refractivity contribution in [3.8, 4) is 11.3 Å². The van der Waals surface area contributed by atoms with Gasteiger partial charge in [-0.2, -0.15) is 5.10 Å². The molecule has 1 unspecified atom stereocenters. The smallest absolute Gasteiger partial charge is 0.308 e. The van der Waals surface area contributed by atoms with Crippen LogP contribution >= 0.6 is 15.9 Å². The number of hydrogen-bond acceptors (Lipinski definition) is 3. The number of aromatic amines is 1. The van der Waals surface area contributed by atoms with E-state index in [2.05, 4.69) is 26.1 Å². The summed E-state index contributed by atoms with van der Waals surface area (Å²) >= 11 is 3.37. The van der Waals surface area contributed by atoms with Crippen LogP contribution in [-0.2, 0) is 4.79 Å². The van der Waals surface area contributed by atoms with Crippen molar-refractivity contribution in [1.82, 2.24) is 15.1 Å². The first-order chi connectivity index (χ1) is 10.5. The summed E-state index contributed by atoms with van der Waals surface area (Å²) in [4.78, 5) is 24.9. The summed E-state index contributed by atoms with van der Waals surface area (Å²) in [5, 5.41) is 15.9. The molecule has 1 aliphatic rings. The van der Waals surface area contributed by atoms with Crippen LogP contribution in [0.4, 0.5) is 0 Å². The lowest BCUT2D eigenvalue weighted by Crippen LogP contribution is -2.30. The Hall–Kier alpha value is -2.15. The molecule has 0 aliphatic carbocycles. The maximum atomic E-state index is 12.4. The second-order valence-corrected chi connectivity index (χ2v) is 6.16. The van der Waals surface area contributed by atoms with E-state index in [1.54, 1.807) is 11.0 Å². The molecular formula is C15H14BrN3O3. The van der Waals surface area contributed by atoms with Crippen LogP contribution in [0.5, 0.6) is 0 Å². The van der Waals surface area contributed by atoms with Crippen molar-refractivity contribution in [3.05, 3.63) is 40.5 Å². The Kier molecular flexibility index (Phi) is 3.98. The largest absolute Gasteiger partial charge is 0.481 e. The molecule has 0 saturated carbocycles. The number of carbonyl (C=O) groups is 2. The molecule has 114 valence electrons. The number of hydrogen-bond donors (Lipinski definition) is 2. The van der Waals surface area contributed by atoms with Gasteiger partial charge in [0.1, 0.15) is 5.69 Å². The van der Waals surface area contributed by atoms with Crippen LogP contribution in [0, 0.1) is 5.92 Å². The quantitative estimate of drug-likeness (QED) is 0.876. The number of aliphatic carboxylic acids is 1. The van der Waals surface area contributed by atoms with E-state index >= 15 is 0 Å². The minimum Gasteiger partial charge on any atom is -0.481 e. The Morgan fingerprint density at radius 1 is 1.32 bits per heavy atom. The van der Waals surface area contributed by atoms with Crippen LogP contribution in [0.1, 0.15) is 16.9 Å². The van der Waals surface area contributed by atoms with Crippen LogP contribution in [-0.4, -0.2) is 45.2 Å². The van der Waals surface area contributed by atoms with Gasteiger partial charge in [-0.25, -0.2) is 0 Å². The Labute approximate surface area is 135 Å². The number of nitrogens with zero attached hydrogens (tertiary/aromatic N) is 2. The van der Waals surface area contributed by atoms with Gasteiger partial charge in [-0.15, -0.1) is 0 Å². The average molecular weight is 364 g/mol. The lowest BCUT2D eigenvalue weighted by molar-refractivity contribution is -0.141. The van der Waals surface area contributed by atoms with E-state index in [1.807, 2.05) is 24.3 Å². The number of carbonyl (C=O) groups excluding carboxylic acids is 1. The maximum absolute atomic E-state index is 12.4. The number of carboxylic acids is 1. The van der Waals surface area contributed by atoms with Crippen molar-refractivity contribution in [1.29, 1.82) is 0 Å². The van der Waals surface area contributed by atoms with E-state index in [-0.39, 0.29) is 12.5 Å². The minimum absolute atomic E-state index is 0.209. The van der Waals surface area contributed by atoms with E-state index in [4.69, 9.17) is 5.11 Å². The highest BCUT2D eigenvalue weighted by atomic mass is 79.9.